The third-order valence-electron chi connectivity index (χ3n) is 2.60. The van der Waals surface area contributed by atoms with E-state index in [1.54, 1.807) is 0 Å². The van der Waals surface area contributed by atoms with Gasteiger partial charge in [0.15, 0.2) is 0 Å². The lowest BCUT2D eigenvalue weighted by Gasteiger charge is -2.08. The summed E-state index contributed by atoms with van der Waals surface area (Å²) in [5.74, 6) is -1.48. The van der Waals surface area contributed by atoms with E-state index < -0.39 is 22.3 Å². The van der Waals surface area contributed by atoms with Crippen LogP contribution >= 0.6 is 23.2 Å². The van der Waals surface area contributed by atoms with Gasteiger partial charge in [-0.3, -0.25) is 14.9 Å². The molecular formula is C13H7Cl2FN2O3. The van der Waals surface area contributed by atoms with Crippen LogP contribution in [0.15, 0.2) is 36.4 Å². The molecule has 5 nitrogen and oxygen atoms in total. The molecule has 2 aromatic carbocycles. The molecule has 0 radical (unpaired) electrons. The van der Waals surface area contributed by atoms with Crippen LogP contribution < -0.4 is 5.32 Å². The van der Waals surface area contributed by atoms with Crippen molar-refractivity contribution < 1.29 is 14.1 Å². The molecule has 0 saturated heterocycles. The molecule has 0 spiro atoms. The maximum atomic E-state index is 13.6. The van der Waals surface area contributed by atoms with Crippen molar-refractivity contribution in [3.63, 3.8) is 0 Å². The van der Waals surface area contributed by atoms with Gasteiger partial charge in [0.05, 0.1) is 16.2 Å². The Morgan fingerprint density at radius 2 is 1.95 bits per heavy atom. The summed E-state index contributed by atoms with van der Waals surface area (Å²) >= 11 is 11.4. The molecule has 1 amide bonds. The quantitative estimate of drug-likeness (QED) is 0.674. The van der Waals surface area contributed by atoms with Gasteiger partial charge in [0.1, 0.15) is 10.8 Å². The van der Waals surface area contributed by atoms with Crippen molar-refractivity contribution in [1.82, 2.24) is 0 Å². The highest BCUT2D eigenvalue weighted by Crippen LogP contribution is 2.28. The molecular weight excluding hydrogens is 322 g/mol. The standard InChI is InChI=1S/C13H7Cl2FN2O3/c14-7-4-5-10(9(16)6-7)17-13(19)8-2-1-3-11(12(8)15)18(20)21/h1-6H,(H,17,19). The van der Waals surface area contributed by atoms with Crippen molar-refractivity contribution in [1.29, 1.82) is 0 Å². The van der Waals surface area contributed by atoms with Gasteiger partial charge in [-0.1, -0.05) is 29.3 Å². The third kappa shape index (κ3) is 3.29. The molecule has 0 aliphatic heterocycles. The molecule has 21 heavy (non-hydrogen) atoms. The molecule has 2 aromatic rings. The lowest BCUT2D eigenvalue weighted by molar-refractivity contribution is -0.384. The number of carbonyl (C=O) groups is 1. The number of hydrogen-bond acceptors (Lipinski definition) is 3. The predicted molar refractivity (Wildman–Crippen MR) is 77.5 cm³/mol. The Balaban J connectivity index is 2.33. The highest BCUT2D eigenvalue weighted by Gasteiger charge is 2.20. The van der Waals surface area contributed by atoms with Crippen LogP contribution in [0.1, 0.15) is 10.4 Å². The largest absolute Gasteiger partial charge is 0.319 e. The van der Waals surface area contributed by atoms with Crippen LogP contribution in [-0.4, -0.2) is 10.8 Å². The summed E-state index contributed by atoms with van der Waals surface area (Å²) in [5, 5.41) is 12.9. The van der Waals surface area contributed by atoms with Gasteiger partial charge in [0.2, 0.25) is 0 Å². The van der Waals surface area contributed by atoms with Crippen molar-refractivity contribution >= 4 is 40.5 Å². The Labute approximate surface area is 128 Å². The monoisotopic (exact) mass is 328 g/mol. The second-order valence-corrected chi connectivity index (χ2v) is 4.79. The number of nitrogens with zero attached hydrogens (tertiary/aromatic N) is 1. The van der Waals surface area contributed by atoms with Gasteiger partial charge in [-0.15, -0.1) is 0 Å². The summed E-state index contributed by atoms with van der Waals surface area (Å²) in [5.41, 5.74) is -0.631. The lowest BCUT2D eigenvalue weighted by Crippen LogP contribution is -2.14. The van der Waals surface area contributed by atoms with Gasteiger partial charge in [-0.2, -0.15) is 0 Å². The Kier molecular flexibility index (Phi) is 4.40. The van der Waals surface area contributed by atoms with Crippen molar-refractivity contribution in [3.05, 3.63) is 67.9 Å². The van der Waals surface area contributed by atoms with Crippen LogP contribution in [0.2, 0.25) is 10.0 Å². The molecule has 0 aliphatic carbocycles. The highest BCUT2D eigenvalue weighted by molar-refractivity contribution is 6.36. The topological polar surface area (TPSA) is 72.2 Å². The van der Waals surface area contributed by atoms with Crippen LogP contribution in [-0.2, 0) is 0 Å². The van der Waals surface area contributed by atoms with Crippen molar-refractivity contribution in [2.75, 3.05) is 5.32 Å². The van der Waals surface area contributed by atoms with Crippen LogP contribution in [0.5, 0.6) is 0 Å². The van der Waals surface area contributed by atoms with Gasteiger partial charge < -0.3 is 5.32 Å². The second kappa shape index (κ2) is 6.07. The smallest absolute Gasteiger partial charge is 0.288 e. The highest BCUT2D eigenvalue weighted by atomic mass is 35.5. The van der Waals surface area contributed by atoms with E-state index in [0.29, 0.717) is 0 Å². The predicted octanol–water partition coefficient (Wildman–Crippen LogP) is 4.29. The number of nitro groups is 1. The molecule has 0 aromatic heterocycles. The van der Waals surface area contributed by atoms with Crippen LogP contribution in [0.25, 0.3) is 0 Å². The normalized spacial score (nSPS) is 10.2. The van der Waals surface area contributed by atoms with Gasteiger partial charge in [-0.25, -0.2) is 4.39 Å². The van der Waals surface area contributed by atoms with Gasteiger partial charge in [-0.05, 0) is 24.3 Å². The van der Waals surface area contributed by atoms with Crippen molar-refractivity contribution in [3.8, 4) is 0 Å². The fraction of sp³-hybridized carbons (Fsp3) is 0. The van der Waals surface area contributed by atoms with Gasteiger partial charge >= 0.3 is 0 Å². The number of hydrogen-bond donors (Lipinski definition) is 1. The molecule has 1 N–H and O–H groups in total. The number of anilines is 1. The number of benzene rings is 2. The fourth-order valence-corrected chi connectivity index (χ4v) is 2.06. The molecule has 8 heteroatoms. The molecule has 0 saturated carbocycles. The minimum atomic E-state index is -0.759. The van der Waals surface area contributed by atoms with E-state index in [1.807, 2.05) is 0 Å². The zero-order valence-electron chi connectivity index (χ0n) is 10.3. The number of nitrogens with one attached hydrogen (secondary N) is 1. The zero-order valence-corrected chi connectivity index (χ0v) is 11.8. The van der Waals surface area contributed by atoms with Crippen molar-refractivity contribution in [2.24, 2.45) is 0 Å². The number of nitro benzene ring substituents is 1. The molecule has 0 heterocycles. The van der Waals surface area contributed by atoms with Crippen LogP contribution in [0.4, 0.5) is 15.8 Å². The van der Waals surface area contributed by atoms with Crippen LogP contribution in [0, 0.1) is 15.9 Å². The molecule has 2 rings (SSSR count). The minimum Gasteiger partial charge on any atom is -0.319 e. The van der Waals surface area contributed by atoms with E-state index in [9.17, 15) is 19.3 Å². The molecule has 0 fully saturated rings. The number of rotatable bonds is 3. The number of carbonyl (C=O) groups excluding carboxylic acids is 1. The summed E-state index contributed by atoms with van der Waals surface area (Å²) in [6.45, 7) is 0. The zero-order chi connectivity index (χ0) is 15.6. The summed E-state index contributed by atoms with van der Waals surface area (Å²) < 4.78 is 13.6. The van der Waals surface area contributed by atoms with Gasteiger partial charge in [0, 0.05) is 11.1 Å². The van der Waals surface area contributed by atoms with Crippen molar-refractivity contribution in [2.45, 2.75) is 0 Å². The maximum absolute atomic E-state index is 13.6. The SMILES string of the molecule is O=C(Nc1ccc(Cl)cc1F)c1cccc([N+](=O)[O-])c1Cl. The Morgan fingerprint density at radius 3 is 2.57 bits per heavy atom. The lowest BCUT2D eigenvalue weighted by atomic mass is 10.2. The average Bonchev–Trinajstić information content (AvgIpc) is 2.41. The third-order valence-corrected chi connectivity index (χ3v) is 3.23. The fourth-order valence-electron chi connectivity index (χ4n) is 1.62. The average molecular weight is 329 g/mol. The van der Waals surface area contributed by atoms with E-state index in [1.165, 1.54) is 30.3 Å². The Morgan fingerprint density at radius 1 is 1.24 bits per heavy atom. The van der Waals surface area contributed by atoms with Gasteiger partial charge in [0.25, 0.3) is 11.6 Å². The van der Waals surface area contributed by atoms with E-state index in [4.69, 9.17) is 23.2 Å². The maximum Gasteiger partial charge on any atom is 0.288 e. The first-order valence-corrected chi connectivity index (χ1v) is 6.35. The summed E-state index contributed by atoms with van der Waals surface area (Å²) in [6, 6.07) is 7.50. The van der Waals surface area contributed by atoms with E-state index in [2.05, 4.69) is 5.32 Å². The first-order valence-electron chi connectivity index (χ1n) is 5.59. The molecule has 0 bridgehead atoms. The molecule has 0 unspecified atom stereocenters. The first kappa shape index (κ1) is 15.2. The van der Waals surface area contributed by atoms with E-state index >= 15 is 0 Å². The Bertz CT molecular complexity index is 737. The molecule has 0 atom stereocenters. The molecule has 108 valence electrons. The summed E-state index contributed by atoms with van der Waals surface area (Å²) in [6.07, 6.45) is 0. The van der Waals surface area contributed by atoms with E-state index in [-0.39, 0.29) is 21.3 Å². The number of amides is 1. The second-order valence-electron chi connectivity index (χ2n) is 3.97. The van der Waals surface area contributed by atoms with Crippen LogP contribution in [0.3, 0.4) is 0 Å². The molecule has 0 aliphatic rings. The minimum absolute atomic E-state index is 0.105. The summed E-state index contributed by atoms with van der Waals surface area (Å²) in [7, 11) is 0. The summed E-state index contributed by atoms with van der Waals surface area (Å²) in [4.78, 5) is 22.1. The number of halogens is 3. The first-order chi connectivity index (χ1) is 9.90. The Hall–Kier alpha value is -2.18. The van der Waals surface area contributed by atoms with E-state index in [0.717, 1.165) is 6.07 Å².